The summed E-state index contributed by atoms with van der Waals surface area (Å²) in [5, 5.41) is 5.49. The third-order valence-corrected chi connectivity index (χ3v) is 4.74. The van der Waals surface area contributed by atoms with Crippen LogP contribution in [0.15, 0.2) is 20.9 Å². The average molecular weight is 490 g/mol. The van der Waals surface area contributed by atoms with E-state index in [0.29, 0.717) is 13.2 Å². The van der Waals surface area contributed by atoms with E-state index in [-0.39, 0.29) is 30.1 Å². The highest BCUT2D eigenvalue weighted by molar-refractivity contribution is 14.0. The van der Waals surface area contributed by atoms with Crippen LogP contribution in [0.1, 0.15) is 4.88 Å². The number of hydrogen-bond donors (Lipinski definition) is 1. The molecule has 0 bridgehead atoms. The van der Waals surface area contributed by atoms with E-state index >= 15 is 0 Å². The molecule has 0 aliphatic carbocycles. The van der Waals surface area contributed by atoms with Crippen LogP contribution >= 0.6 is 51.2 Å². The second-order valence-electron chi connectivity index (χ2n) is 4.53. The molecule has 5 nitrogen and oxygen atoms in total. The minimum absolute atomic E-state index is 0. The molecule has 21 heavy (non-hydrogen) atoms. The highest BCUT2D eigenvalue weighted by Gasteiger charge is 2.22. The summed E-state index contributed by atoms with van der Waals surface area (Å²) in [6.07, 6.45) is 0.114. The van der Waals surface area contributed by atoms with E-state index in [4.69, 9.17) is 9.47 Å². The number of ether oxygens (including phenoxy) is 2. The van der Waals surface area contributed by atoms with E-state index in [9.17, 15) is 0 Å². The van der Waals surface area contributed by atoms with Crippen LogP contribution in [0.5, 0.6) is 0 Å². The maximum Gasteiger partial charge on any atom is 0.194 e. The number of guanidine groups is 1. The largest absolute Gasteiger partial charge is 0.382 e. The normalized spacial score (nSPS) is 19.3. The molecule has 1 aliphatic rings. The van der Waals surface area contributed by atoms with Crippen LogP contribution in [-0.2, 0) is 16.0 Å². The van der Waals surface area contributed by atoms with E-state index in [2.05, 4.69) is 42.6 Å². The number of thiophene rings is 1. The second kappa shape index (κ2) is 9.98. The van der Waals surface area contributed by atoms with Gasteiger partial charge in [-0.3, -0.25) is 4.99 Å². The Morgan fingerprint density at radius 2 is 2.48 bits per heavy atom. The van der Waals surface area contributed by atoms with E-state index in [1.807, 2.05) is 7.05 Å². The molecule has 1 atom stereocenters. The topological polar surface area (TPSA) is 46.1 Å². The monoisotopic (exact) mass is 489 g/mol. The molecule has 0 radical (unpaired) electrons. The Balaban J connectivity index is 0.00000220. The van der Waals surface area contributed by atoms with Crippen molar-refractivity contribution < 1.29 is 9.47 Å². The molecular formula is C13H21BrIN3O2S. The molecule has 120 valence electrons. The molecule has 1 unspecified atom stereocenters. The third-order valence-electron chi connectivity index (χ3n) is 3.05. The van der Waals surface area contributed by atoms with Crippen molar-refractivity contribution in [3.05, 3.63) is 20.8 Å². The van der Waals surface area contributed by atoms with Gasteiger partial charge in [0, 0.05) is 42.0 Å². The molecule has 1 aliphatic heterocycles. The van der Waals surface area contributed by atoms with Gasteiger partial charge in [0.15, 0.2) is 5.96 Å². The molecule has 8 heteroatoms. The van der Waals surface area contributed by atoms with Gasteiger partial charge in [-0.05, 0) is 22.0 Å². The van der Waals surface area contributed by atoms with Crippen molar-refractivity contribution in [2.75, 3.05) is 40.5 Å². The van der Waals surface area contributed by atoms with Crippen molar-refractivity contribution in [1.82, 2.24) is 10.2 Å². The summed E-state index contributed by atoms with van der Waals surface area (Å²) >= 11 is 5.20. The van der Waals surface area contributed by atoms with Crippen LogP contribution in [0.2, 0.25) is 0 Å². The Morgan fingerprint density at radius 3 is 3.10 bits per heavy atom. The molecule has 0 spiro atoms. The summed E-state index contributed by atoms with van der Waals surface area (Å²) in [5.41, 5.74) is 0. The molecule has 2 heterocycles. The van der Waals surface area contributed by atoms with E-state index in [0.717, 1.165) is 30.1 Å². The number of nitrogens with zero attached hydrogens (tertiary/aromatic N) is 2. The first-order chi connectivity index (χ1) is 9.72. The van der Waals surface area contributed by atoms with Crippen LogP contribution in [0.25, 0.3) is 0 Å². The van der Waals surface area contributed by atoms with Gasteiger partial charge in [-0.25, -0.2) is 0 Å². The van der Waals surface area contributed by atoms with E-state index < -0.39 is 0 Å². The fraction of sp³-hybridized carbons (Fsp3) is 0.615. The Hall–Kier alpha value is 0.1000. The van der Waals surface area contributed by atoms with Crippen molar-refractivity contribution in [3.63, 3.8) is 0 Å². The predicted octanol–water partition coefficient (Wildman–Crippen LogP) is 2.55. The zero-order chi connectivity index (χ0) is 14.4. The van der Waals surface area contributed by atoms with Crippen LogP contribution in [0.3, 0.4) is 0 Å². The molecule has 0 saturated carbocycles. The van der Waals surface area contributed by atoms with Gasteiger partial charge < -0.3 is 19.7 Å². The summed E-state index contributed by atoms with van der Waals surface area (Å²) in [5.74, 6) is 0.916. The number of morpholine rings is 1. The van der Waals surface area contributed by atoms with E-state index in [1.54, 1.807) is 18.4 Å². The molecule has 1 aromatic heterocycles. The van der Waals surface area contributed by atoms with Crippen LogP contribution in [0, 0.1) is 0 Å². The highest BCUT2D eigenvalue weighted by Crippen LogP contribution is 2.19. The van der Waals surface area contributed by atoms with Gasteiger partial charge in [0.05, 0.1) is 25.9 Å². The Morgan fingerprint density at radius 1 is 1.67 bits per heavy atom. The summed E-state index contributed by atoms with van der Waals surface area (Å²) in [7, 11) is 3.51. The summed E-state index contributed by atoms with van der Waals surface area (Å²) < 4.78 is 11.9. The third kappa shape index (κ3) is 6.01. The lowest BCUT2D eigenvalue weighted by molar-refractivity contribution is -0.0447. The number of halogens is 2. The van der Waals surface area contributed by atoms with Crippen LogP contribution in [0.4, 0.5) is 0 Å². The van der Waals surface area contributed by atoms with Crippen molar-refractivity contribution in [2.45, 2.75) is 12.6 Å². The van der Waals surface area contributed by atoms with Gasteiger partial charge in [0.2, 0.25) is 0 Å². The lowest BCUT2D eigenvalue weighted by Crippen LogP contribution is -2.51. The minimum Gasteiger partial charge on any atom is -0.382 e. The lowest BCUT2D eigenvalue weighted by atomic mass is 10.3. The van der Waals surface area contributed by atoms with Gasteiger partial charge in [0.25, 0.3) is 0 Å². The van der Waals surface area contributed by atoms with Gasteiger partial charge in [-0.2, -0.15) is 0 Å². The van der Waals surface area contributed by atoms with Gasteiger partial charge >= 0.3 is 0 Å². The van der Waals surface area contributed by atoms with Gasteiger partial charge in [-0.1, -0.05) is 0 Å². The maximum absolute atomic E-state index is 5.66. The van der Waals surface area contributed by atoms with E-state index in [1.165, 1.54) is 4.88 Å². The molecule has 1 saturated heterocycles. The lowest BCUT2D eigenvalue weighted by Gasteiger charge is -2.34. The summed E-state index contributed by atoms with van der Waals surface area (Å²) in [4.78, 5) is 7.85. The number of rotatable bonds is 4. The zero-order valence-corrected chi connectivity index (χ0v) is 16.9. The molecule has 1 aromatic rings. The van der Waals surface area contributed by atoms with Crippen LogP contribution < -0.4 is 5.32 Å². The quantitative estimate of drug-likeness (QED) is 0.401. The molecule has 0 amide bonds. The van der Waals surface area contributed by atoms with Crippen LogP contribution in [-0.4, -0.2) is 57.4 Å². The molecule has 1 N–H and O–H groups in total. The molecular weight excluding hydrogens is 469 g/mol. The molecule has 0 aromatic carbocycles. The number of hydrogen-bond acceptors (Lipinski definition) is 4. The van der Waals surface area contributed by atoms with Crippen molar-refractivity contribution in [3.8, 4) is 0 Å². The number of methoxy groups -OCH3 is 1. The minimum atomic E-state index is 0. The zero-order valence-electron chi connectivity index (χ0n) is 12.2. The predicted molar refractivity (Wildman–Crippen MR) is 101 cm³/mol. The Kier molecular flexibility index (Phi) is 9.10. The first kappa shape index (κ1) is 19.1. The second-order valence-corrected chi connectivity index (χ2v) is 6.44. The first-order valence-electron chi connectivity index (χ1n) is 6.52. The fourth-order valence-electron chi connectivity index (χ4n) is 2.14. The maximum atomic E-state index is 5.66. The molecule has 1 fully saturated rings. The van der Waals surface area contributed by atoms with Crippen molar-refractivity contribution in [2.24, 2.45) is 4.99 Å². The average Bonchev–Trinajstić information content (AvgIpc) is 2.86. The first-order valence-corrected chi connectivity index (χ1v) is 8.19. The Bertz CT molecular complexity index is 456. The summed E-state index contributed by atoms with van der Waals surface area (Å²) in [6.45, 7) is 3.77. The fourth-order valence-corrected chi connectivity index (χ4v) is 3.53. The highest BCUT2D eigenvalue weighted by atomic mass is 127. The van der Waals surface area contributed by atoms with Gasteiger partial charge in [-0.15, -0.1) is 35.3 Å². The van der Waals surface area contributed by atoms with Gasteiger partial charge in [0.1, 0.15) is 0 Å². The standard InChI is InChI=1S/C13H20BrN3O2S.HI/c1-15-13(16-6-12-5-10(14)9-20-12)17-3-4-19-11(7-17)8-18-2;/h5,9,11H,3-4,6-8H2,1-2H3,(H,15,16);1H. The van der Waals surface area contributed by atoms with Crippen molar-refractivity contribution >= 4 is 57.2 Å². The number of nitrogens with one attached hydrogen (secondary N) is 1. The smallest absolute Gasteiger partial charge is 0.194 e. The SMILES string of the molecule is CN=C(NCc1cc(Br)cs1)N1CCOC(COC)C1.I. The Labute approximate surface area is 155 Å². The summed E-state index contributed by atoms with van der Waals surface area (Å²) in [6, 6.07) is 2.12. The molecule has 2 rings (SSSR count). The number of aliphatic imine (C=N–C) groups is 1. The van der Waals surface area contributed by atoms with Crippen molar-refractivity contribution in [1.29, 1.82) is 0 Å².